The summed E-state index contributed by atoms with van der Waals surface area (Å²) in [5.41, 5.74) is 3.11. The van der Waals surface area contributed by atoms with Crippen molar-refractivity contribution in [1.29, 1.82) is 0 Å². The SMILES string of the molecule is Cc1cnc(Cl)cc1NC(=O)Nc1cc(-c2ccncc2)[nH]n1. The second-order valence-corrected chi connectivity index (χ2v) is 5.19. The van der Waals surface area contributed by atoms with Crippen LogP contribution in [-0.2, 0) is 0 Å². The van der Waals surface area contributed by atoms with Crippen LogP contribution in [0.2, 0.25) is 5.15 Å². The van der Waals surface area contributed by atoms with Crippen LogP contribution in [0.1, 0.15) is 5.56 Å². The van der Waals surface area contributed by atoms with Crippen molar-refractivity contribution in [1.82, 2.24) is 20.2 Å². The summed E-state index contributed by atoms with van der Waals surface area (Å²) in [6.45, 7) is 1.83. The van der Waals surface area contributed by atoms with Crippen LogP contribution in [0.3, 0.4) is 0 Å². The number of hydrogen-bond acceptors (Lipinski definition) is 4. The number of nitrogens with one attached hydrogen (secondary N) is 3. The van der Waals surface area contributed by atoms with Crippen LogP contribution >= 0.6 is 11.6 Å². The third-order valence-electron chi connectivity index (χ3n) is 3.13. The van der Waals surface area contributed by atoms with E-state index in [0.29, 0.717) is 16.7 Å². The first-order chi connectivity index (χ1) is 11.1. The van der Waals surface area contributed by atoms with Gasteiger partial charge in [-0.05, 0) is 30.7 Å². The molecular weight excluding hydrogens is 316 g/mol. The van der Waals surface area contributed by atoms with E-state index >= 15 is 0 Å². The number of rotatable bonds is 3. The fourth-order valence-electron chi connectivity index (χ4n) is 1.97. The van der Waals surface area contributed by atoms with Crippen molar-refractivity contribution in [3.05, 3.63) is 53.6 Å². The van der Waals surface area contributed by atoms with Gasteiger partial charge in [-0.15, -0.1) is 0 Å². The summed E-state index contributed by atoms with van der Waals surface area (Å²) in [6.07, 6.45) is 4.96. The van der Waals surface area contributed by atoms with Crippen molar-refractivity contribution in [2.45, 2.75) is 6.92 Å². The molecule has 7 nitrogen and oxygen atoms in total. The molecule has 0 aliphatic carbocycles. The molecule has 0 saturated heterocycles. The van der Waals surface area contributed by atoms with Crippen molar-refractivity contribution >= 4 is 29.1 Å². The average Bonchev–Trinajstić information content (AvgIpc) is 3.00. The molecule has 3 heterocycles. The van der Waals surface area contributed by atoms with Gasteiger partial charge in [0.15, 0.2) is 5.82 Å². The Hall–Kier alpha value is -2.93. The lowest BCUT2D eigenvalue weighted by Gasteiger charge is -2.08. The molecule has 0 aliphatic heterocycles. The summed E-state index contributed by atoms with van der Waals surface area (Å²) in [4.78, 5) is 19.9. The molecule has 0 saturated carbocycles. The molecule has 0 bridgehead atoms. The second kappa shape index (κ2) is 6.45. The molecule has 3 rings (SSSR count). The Kier molecular flexibility index (Phi) is 4.20. The molecular formula is C15H13ClN6O. The number of halogens is 1. The number of pyridine rings is 2. The topological polar surface area (TPSA) is 95.6 Å². The molecule has 0 unspecified atom stereocenters. The van der Waals surface area contributed by atoms with E-state index in [1.54, 1.807) is 30.7 Å². The molecule has 0 spiro atoms. The van der Waals surface area contributed by atoms with Gasteiger partial charge in [0.2, 0.25) is 0 Å². The van der Waals surface area contributed by atoms with Gasteiger partial charge < -0.3 is 5.32 Å². The van der Waals surface area contributed by atoms with Crippen LogP contribution < -0.4 is 10.6 Å². The number of carbonyl (C=O) groups excluding carboxylic acids is 1. The van der Waals surface area contributed by atoms with E-state index in [-0.39, 0.29) is 0 Å². The summed E-state index contributed by atoms with van der Waals surface area (Å²) < 4.78 is 0. The first-order valence-corrected chi connectivity index (χ1v) is 7.15. The Morgan fingerprint density at radius 2 is 2.00 bits per heavy atom. The van der Waals surface area contributed by atoms with Crippen LogP contribution in [0.15, 0.2) is 42.9 Å². The summed E-state index contributed by atoms with van der Waals surface area (Å²) in [5, 5.41) is 12.6. The molecule has 2 amide bonds. The number of anilines is 2. The molecule has 0 fully saturated rings. The Morgan fingerprint density at radius 3 is 2.78 bits per heavy atom. The number of urea groups is 1. The summed E-state index contributed by atoms with van der Waals surface area (Å²) in [7, 11) is 0. The Balaban J connectivity index is 1.69. The minimum absolute atomic E-state index is 0.311. The summed E-state index contributed by atoms with van der Waals surface area (Å²) >= 11 is 5.83. The smallest absolute Gasteiger partial charge is 0.307 e. The molecule has 8 heteroatoms. The highest BCUT2D eigenvalue weighted by Gasteiger charge is 2.09. The zero-order valence-electron chi connectivity index (χ0n) is 12.2. The first kappa shape index (κ1) is 15.0. The zero-order chi connectivity index (χ0) is 16.2. The minimum atomic E-state index is -0.414. The van der Waals surface area contributed by atoms with Gasteiger partial charge >= 0.3 is 6.03 Å². The van der Waals surface area contributed by atoms with Crippen LogP contribution in [0, 0.1) is 6.92 Å². The van der Waals surface area contributed by atoms with Gasteiger partial charge in [0.25, 0.3) is 0 Å². The minimum Gasteiger partial charge on any atom is -0.307 e. The van der Waals surface area contributed by atoms with Crippen LogP contribution in [0.5, 0.6) is 0 Å². The average molecular weight is 329 g/mol. The predicted octanol–water partition coefficient (Wildman–Crippen LogP) is 3.47. The fourth-order valence-corrected chi connectivity index (χ4v) is 2.13. The third kappa shape index (κ3) is 3.64. The van der Waals surface area contributed by atoms with Crippen LogP contribution in [-0.4, -0.2) is 26.2 Å². The van der Waals surface area contributed by atoms with E-state index in [9.17, 15) is 4.79 Å². The Bertz CT molecular complexity index is 833. The maximum absolute atomic E-state index is 12.0. The standard InChI is InChI=1S/C15H13ClN6O/c1-9-8-18-13(16)6-11(9)19-15(23)20-14-7-12(21-22-14)10-2-4-17-5-3-10/h2-8H,1H3,(H3,18,19,20,21,22,23). The van der Waals surface area contributed by atoms with Gasteiger partial charge in [0.05, 0.1) is 5.69 Å². The lowest BCUT2D eigenvalue weighted by atomic mass is 10.2. The van der Waals surface area contributed by atoms with E-state index < -0.39 is 6.03 Å². The molecule has 0 aromatic carbocycles. The van der Waals surface area contributed by atoms with Crippen molar-refractivity contribution in [2.75, 3.05) is 10.6 Å². The Morgan fingerprint density at radius 1 is 1.22 bits per heavy atom. The van der Waals surface area contributed by atoms with E-state index in [4.69, 9.17) is 11.6 Å². The van der Waals surface area contributed by atoms with E-state index in [1.165, 1.54) is 0 Å². The number of aryl methyl sites for hydroxylation is 1. The van der Waals surface area contributed by atoms with Gasteiger partial charge in [0, 0.05) is 35.9 Å². The lowest BCUT2D eigenvalue weighted by Crippen LogP contribution is -2.20. The molecule has 23 heavy (non-hydrogen) atoms. The monoisotopic (exact) mass is 328 g/mol. The normalized spacial score (nSPS) is 10.3. The first-order valence-electron chi connectivity index (χ1n) is 6.78. The Labute approximate surface area is 137 Å². The highest BCUT2D eigenvalue weighted by atomic mass is 35.5. The highest BCUT2D eigenvalue weighted by Crippen LogP contribution is 2.20. The van der Waals surface area contributed by atoms with Crippen LogP contribution in [0.25, 0.3) is 11.3 Å². The molecule has 0 atom stereocenters. The predicted molar refractivity (Wildman–Crippen MR) is 88.4 cm³/mol. The number of H-pyrrole nitrogens is 1. The summed E-state index contributed by atoms with van der Waals surface area (Å²) in [5.74, 6) is 0.409. The second-order valence-electron chi connectivity index (χ2n) is 4.80. The van der Waals surface area contributed by atoms with Gasteiger partial charge in [-0.3, -0.25) is 15.4 Å². The van der Waals surface area contributed by atoms with E-state index in [1.807, 2.05) is 19.1 Å². The van der Waals surface area contributed by atoms with E-state index in [2.05, 4.69) is 30.8 Å². The van der Waals surface area contributed by atoms with Crippen molar-refractivity contribution in [3.63, 3.8) is 0 Å². The van der Waals surface area contributed by atoms with Crippen molar-refractivity contribution in [3.8, 4) is 11.3 Å². The number of carbonyl (C=O) groups is 1. The molecule has 3 aromatic heterocycles. The molecule has 0 aliphatic rings. The van der Waals surface area contributed by atoms with Crippen molar-refractivity contribution in [2.24, 2.45) is 0 Å². The number of aromatic amines is 1. The molecule has 3 N–H and O–H groups in total. The third-order valence-corrected chi connectivity index (χ3v) is 3.34. The van der Waals surface area contributed by atoms with E-state index in [0.717, 1.165) is 16.8 Å². The van der Waals surface area contributed by atoms with Gasteiger partial charge in [-0.1, -0.05) is 11.6 Å². The zero-order valence-corrected chi connectivity index (χ0v) is 12.9. The number of hydrogen-bond donors (Lipinski definition) is 3. The number of nitrogens with zero attached hydrogens (tertiary/aromatic N) is 3. The largest absolute Gasteiger partial charge is 0.324 e. The fraction of sp³-hybridized carbons (Fsp3) is 0.0667. The summed E-state index contributed by atoms with van der Waals surface area (Å²) in [6, 6.07) is 6.60. The molecule has 0 radical (unpaired) electrons. The quantitative estimate of drug-likeness (QED) is 0.641. The maximum Gasteiger partial charge on any atom is 0.324 e. The molecule has 3 aromatic rings. The number of aromatic nitrogens is 4. The van der Waals surface area contributed by atoms with Gasteiger partial charge in [-0.25, -0.2) is 9.78 Å². The van der Waals surface area contributed by atoms with Crippen LogP contribution in [0.4, 0.5) is 16.3 Å². The number of amides is 2. The highest BCUT2D eigenvalue weighted by molar-refractivity contribution is 6.29. The van der Waals surface area contributed by atoms with Crippen molar-refractivity contribution < 1.29 is 4.79 Å². The van der Waals surface area contributed by atoms with Gasteiger partial charge in [-0.2, -0.15) is 5.10 Å². The maximum atomic E-state index is 12.0. The molecule has 116 valence electrons. The van der Waals surface area contributed by atoms with Gasteiger partial charge in [0.1, 0.15) is 5.15 Å². The lowest BCUT2D eigenvalue weighted by molar-refractivity contribution is 0.262.